The Bertz CT molecular complexity index is 460. The molecule has 1 rings (SSSR count). The maximum absolute atomic E-state index is 10.6. The van der Waals surface area contributed by atoms with E-state index in [-0.39, 0.29) is 0 Å². The number of rotatable bonds is 3. The first-order chi connectivity index (χ1) is 6.72. The monoisotopic (exact) mass is 359 g/mol. The van der Waals surface area contributed by atoms with E-state index in [9.17, 15) is 8.42 Å². The molecule has 5 nitrogen and oxygen atoms in total. The van der Waals surface area contributed by atoms with Gasteiger partial charge in [0.05, 0.1) is 0 Å². The molecule has 0 unspecified atom stereocenters. The lowest BCUT2D eigenvalue weighted by Gasteiger charge is -2.20. The van der Waals surface area contributed by atoms with Crippen LogP contribution >= 0.6 is 31.9 Å². The predicted octanol–water partition coefficient (Wildman–Crippen LogP) is 1.99. The van der Waals surface area contributed by atoms with Crippen LogP contribution in [0.2, 0.25) is 0 Å². The highest BCUT2D eigenvalue weighted by atomic mass is 79.9. The van der Waals surface area contributed by atoms with Crippen molar-refractivity contribution in [3.05, 3.63) is 29.8 Å². The molecule has 3 N–H and O–H groups in total. The second-order valence-corrected chi connectivity index (χ2v) is 6.93. The molecule has 84 valence electrons. The highest BCUT2D eigenvalue weighted by Gasteiger charge is 2.33. The maximum Gasteiger partial charge on any atom is 0.399 e. The third-order valence-electron chi connectivity index (χ3n) is 1.48. The van der Waals surface area contributed by atoms with Gasteiger partial charge in [-0.15, -0.1) is 0 Å². The summed E-state index contributed by atoms with van der Waals surface area (Å²) in [6, 6.07) is 6.45. The van der Waals surface area contributed by atoms with Crippen molar-refractivity contribution in [3.63, 3.8) is 0 Å². The largest absolute Gasteiger partial charge is 0.399 e. The lowest BCUT2D eigenvalue weighted by molar-refractivity contribution is 0.238. The Morgan fingerprint density at radius 1 is 1.33 bits per heavy atom. The van der Waals surface area contributed by atoms with Crippen LogP contribution in [0.4, 0.5) is 5.69 Å². The van der Waals surface area contributed by atoms with Gasteiger partial charge >= 0.3 is 10.4 Å². The zero-order valence-electron chi connectivity index (χ0n) is 7.22. The van der Waals surface area contributed by atoms with Gasteiger partial charge in [0.1, 0.15) is 0 Å². The Morgan fingerprint density at radius 2 is 1.87 bits per heavy atom. The zero-order chi connectivity index (χ0) is 11.7. The fourth-order valence-electron chi connectivity index (χ4n) is 0.939. The Hall–Kier alpha value is -0.150. The summed E-state index contributed by atoms with van der Waals surface area (Å²) in [4.78, 5) is 0. The van der Waals surface area contributed by atoms with Crippen molar-refractivity contribution in [2.24, 2.45) is 0 Å². The number of benzene rings is 1. The van der Waals surface area contributed by atoms with E-state index < -0.39 is 13.8 Å². The van der Waals surface area contributed by atoms with Crippen molar-refractivity contribution in [2.75, 3.05) is 5.73 Å². The van der Waals surface area contributed by atoms with Crippen LogP contribution in [-0.4, -0.2) is 13.0 Å². The molecule has 0 aliphatic rings. The number of nitrogens with two attached hydrogens (primary N) is 1. The minimum atomic E-state index is -4.60. The summed E-state index contributed by atoms with van der Waals surface area (Å²) in [5.41, 5.74) is 6.26. The van der Waals surface area contributed by atoms with Crippen LogP contribution in [0, 0.1) is 0 Å². The second kappa shape index (κ2) is 4.38. The Kier molecular flexibility index (Phi) is 3.77. The lowest BCUT2D eigenvalue weighted by atomic mass is 10.2. The minimum absolute atomic E-state index is 0.315. The van der Waals surface area contributed by atoms with Crippen molar-refractivity contribution >= 4 is 47.9 Å². The van der Waals surface area contributed by atoms with Crippen LogP contribution in [0.3, 0.4) is 0 Å². The number of hydrogen-bond donors (Lipinski definition) is 2. The van der Waals surface area contributed by atoms with Gasteiger partial charge in [-0.05, 0) is 37.9 Å². The normalized spacial score (nSPS) is 12.7. The van der Waals surface area contributed by atoms with Crippen LogP contribution in [0.1, 0.15) is 5.56 Å². The molecule has 0 heterocycles. The molecule has 0 radical (unpaired) electrons. The number of nitrogen functional groups attached to an aromatic ring is 1. The molecule has 0 atom stereocenters. The number of halogens is 2. The molecule has 0 fully saturated rings. The van der Waals surface area contributed by atoms with E-state index in [2.05, 4.69) is 36.0 Å². The van der Waals surface area contributed by atoms with E-state index in [4.69, 9.17) is 10.3 Å². The fourth-order valence-corrected chi connectivity index (χ4v) is 3.02. The quantitative estimate of drug-likeness (QED) is 0.488. The van der Waals surface area contributed by atoms with Crippen molar-refractivity contribution in [1.29, 1.82) is 0 Å². The van der Waals surface area contributed by atoms with E-state index in [1.807, 2.05) is 0 Å². The summed E-state index contributed by atoms with van der Waals surface area (Å²) >= 11 is 5.90. The molecule has 1 aromatic rings. The lowest BCUT2D eigenvalue weighted by Crippen LogP contribution is -2.20. The smallest absolute Gasteiger partial charge is 0.398 e. The molecule has 0 amide bonds. The van der Waals surface area contributed by atoms with E-state index >= 15 is 0 Å². The van der Waals surface area contributed by atoms with Crippen LogP contribution in [0.25, 0.3) is 0 Å². The zero-order valence-corrected chi connectivity index (χ0v) is 11.2. The van der Waals surface area contributed by atoms with E-state index in [0.717, 1.165) is 0 Å². The number of hydrogen-bond acceptors (Lipinski definition) is 4. The molecule has 15 heavy (non-hydrogen) atoms. The van der Waals surface area contributed by atoms with Gasteiger partial charge < -0.3 is 5.73 Å². The average Bonchev–Trinajstić information content (AvgIpc) is 1.99. The maximum atomic E-state index is 10.6. The summed E-state index contributed by atoms with van der Waals surface area (Å²) in [6.07, 6.45) is 0. The molecule has 1 aromatic carbocycles. The number of alkyl halides is 2. The van der Waals surface area contributed by atoms with E-state index in [1.165, 1.54) is 0 Å². The summed E-state index contributed by atoms with van der Waals surface area (Å²) < 4.78 is 32.5. The van der Waals surface area contributed by atoms with Crippen LogP contribution in [0.5, 0.6) is 0 Å². The summed E-state index contributed by atoms with van der Waals surface area (Å²) in [6.45, 7) is 0. The molecule has 0 aliphatic heterocycles. The first-order valence-electron chi connectivity index (χ1n) is 3.63. The average molecular weight is 361 g/mol. The molecule has 8 heteroatoms. The van der Waals surface area contributed by atoms with Crippen molar-refractivity contribution in [3.8, 4) is 0 Å². The molecule has 0 saturated heterocycles. The van der Waals surface area contributed by atoms with Crippen molar-refractivity contribution in [1.82, 2.24) is 0 Å². The number of anilines is 1. The van der Waals surface area contributed by atoms with Gasteiger partial charge in [-0.25, -0.2) is 4.18 Å². The predicted molar refractivity (Wildman–Crippen MR) is 63.0 cm³/mol. The molecule has 0 bridgehead atoms. The standard InChI is InChI=1S/C7H7Br2NO4S/c8-7(9,14-15(11,12)13)5-3-1-2-4-6(5)10/h1-4H,10H2,(H,11,12,13). The molecule has 0 aliphatic carbocycles. The fraction of sp³-hybridized carbons (Fsp3) is 0.143. The van der Waals surface area contributed by atoms with Crippen LogP contribution < -0.4 is 5.73 Å². The third kappa shape index (κ3) is 3.72. The molecular formula is C7H7Br2NO4S. The van der Waals surface area contributed by atoms with Gasteiger partial charge in [0, 0.05) is 11.3 Å². The summed E-state index contributed by atoms with van der Waals surface area (Å²) in [7, 11) is -4.60. The second-order valence-electron chi connectivity index (χ2n) is 2.62. The Morgan fingerprint density at radius 3 is 2.33 bits per heavy atom. The first kappa shape index (κ1) is 12.9. The summed E-state index contributed by atoms with van der Waals surface area (Å²) in [5.74, 6) is 0. The highest BCUT2D eigenvalue weighted by molar-refractivity contribution is 9.24. The SMILES string of the molecule is Nc1ccccc1C(Br)(Br)OS(=O)(=O)O. The van der Waals surface area contributed by atoms with Crippen molar-refractivity contribution < 1.29 is 17.2 Å². The van der Waals surface area contributed by atoms with Gasteiger partial charge in [0.25, 0.3) is 0 Å². The molecule has 0 aromatic heterocycles. The number of para-hydroxylation sites is 1. The van der Waals surface area contributed by atoms with Gasteiger partial charge in [0.15, 0.2) is 0 Å². The third-order valence-corrected chi connectivity index (χ3v) is 3.55. The van der Waals surface area contributed by atoms with Gasteiger partial charge in [-0.1, -0.05) is 18.2 Å². The highest BCUT2D eigenvalue weighted by Crippen LogP contribution is 2.42. The van der Waals surface area contributed by atoms with Gasteiger partial charge in [-0.3, -0.25) is 4.55 Å². The first-order valence-corrected chi connectivity index (χ1v) is 6.58. The topological polar surface area (TPSA) is 89.6 Å². The van der Waals surface area contributed by atoms with Gasteiger partial charge in [-0.2, -0.15) is 8.42 Å². The molecule has 0 spiro atoms. The molecule has 0 saturated carbocycles. The van der Waals surface area contributed by atoms with Crippen molar-refractivity contribution in [2.45, 2.75) is 3.42 Å². The summed E-state index contributed by atoms with van der Waals surface area (Å²) in [5, 5.41) is 0. The molecular weight excluding hydrogens is 354 g/mol. The van der Waals surface area contributed by atoms with Gasteiger partial charge in [0.2, 0.25) is 3.42 Å². The van der Waals surface area contributed by atoms with Crippen LogP contribution in [0.15, 0.2) is 24.3 Å². The Labute approximate surface area is 104 Å². The van der Waals surface area contributed by atoms with E-state index in [1.54, 1.807) is 24.3 Å². The Balaban J connectivity index is 3.12. The van der Waals surface area contributed by atoms with Crippen LogP contribution in [-0.2, 0) is 18.0 Å². The van der Waals surface area contributed by atoms with E-state index in [0.29, 0.717) is 11.3 Å². The minimum Gasteiger partial charge on any atom is -0.398 e.